The van der Waals surface area contributed by atoms with Crippen molar-refractivity contribution in [2.24, 2.45) is 11.7 Å². The Morgan fingerprint density at radius 3 is 2.65 bits per heavy atom. The Morgan fingerprint density at radius 1 is 1.26 bits per heavy atom. The number of nitrogens with one attached hydrogen (secondary N) is 2. The number of benzene rings is 1. The molecule has 2 aromatic heterocycles. The number of halogens is 5. The number of aromatic amines is 1. The van der Waals surface area contributed by atoms with Crippen LogP contribution in [-0.2, 0) is 4.74 Å². The number of aromatic nitrogens is 3. The molecule has 1 fully saturated rings. The van der Waals surface area contributed by atoms with Gasteiger partial charge in [0.15, 0.2) is 23.0 Å². The minimum atomic E-state index is -4.74. The van der Waals surface area contributed by atoms with Gasteiger partial charge in [-0.15, -0.1) is 0 Å². The van der Waals surface area contributed by atoms with Gasteiger partial charge >= 0.3 is 6.18 Å². The van der Waals surface area contributed by atoms with Crippen molar-refractivity contribution in [1.29, 1.82) is 0 Å². The normalized spacial score (nSPS) is 25.1. The molecule has 184 valence electrons. The number of nitrogens with two attached hydrogens (primary N) is 1. The van der Waals surface area contributed by atoms with Gasteiger partial charge in [0.05, 0.1) is 12.6 Å². The van der Waals surface area contributed by atoms with Gasteiger partial charge in [0.2, 0.25) is 5.82 Å². The molecule has 7 nitrogen and oxygen atoms in total. The average Bonchev–Trinajstić information content (AvgIpc) is 3.34. The summed E-state index contributed by atoms with van der Waals surface area (Å²) in [6, 6.07) is 3.70. The van der Waals surface area contributed by atoms with E-state index < -0.39 is 47.1 Å². The van der Waals surface area contributed by atoms with Gasteiger partial charge in [-0.05, 0) is 19.1 Å². The third-order valence-electron chi connectivity index (χ3n) is 6.44. The number of nitrogens with zero attached hydrogens (tertiary/aromatic N) is 2. The van der Waals surface area contributed by atoms with Crippen LogP contribution in [0.2, 0.25) is 0 Å². The molecule has 1 aliphatic rings. The Bertz CT molecular complexity index is 1200. The van der Waals surface area contributed by atoms with Crippen molar-refractivity contribution in [3.63, 3.8) is 0 Å². The average molecular weight is 485 g/mol. The number of methoxy groups -OCH3 is 1. The lowest BCUT2D eigenvalue weighted by Gasteiger charge is -2.32. The molecule has 1 aliphatic heterocycles. The number of H-pyrrole nitrogens is 1. The van der Waals surface area contributed by atoms with Gasteiger partial charge in [0, 0.05) is 36.7 Å². The first-order valence-electron chi connectivity index (χ1n) is 10.6. The molecule has 0 saturated carbocycles. The van der Waals surface area contributed by atoms with Crippen molar-refractivity contribution in [2.45, 2.75) is 37.6 Å². The van der Waals surface area contributed by atoms with E-state index in [0.29, 0.717) is 29.9 Å². The van der Waals surface area contributed by atoms with Gasteiger partial charge < -0.3 is 25.5 Å². The lowest BCUT2D eigenvalue weighted by Crippen LogP contribution is -2.46. The molecule has 4 rings (SSSR count). The number of anilines is 1. The molecule has 34 heavy (non-hydrogen) atoms. The van der Waals surface area contributed by atoms with Crippen LogP contribution in [0.4, 0.5) is 27.8 Å². The number of hydrogen-bond donors (Lipinski definition) is 3. The van der Waals surface area contributed by atoms with Crippen molar-refractivity contribution >= 4 is 16.9 Å². The highest BCUT2D eigenvalue weighted by Gasteiger charge is 2.65. The molecule has 3 heterocycles. The van der Waals surface area contributed by atoms with E-state index in [2.05, 4.69) is 20.3 Å². The topological polar surface area (TPSA) is 98.1 Å². The molecule has 3 aromatic rings. The molecule has 0 radical (unpaired) electrons. The molecular formula is C22H24F5N5O2. The Labute approximate surface area is 191 Å². The van der Waals surface area contributed by atoms with Gasteiger partial charge in [0.1, 0.15) is 17.4 Å². The summed E-state index contributed by atoms with van der Waals surface area (Å²) in [5.74, 6) is -4.70. The third kappa shape index (κ3) is 3.74. The second-order valence-electron chi connectivity index (χ2n) is 8.33. The maximum Gasteiger partial charge on any atom is 0.417 e. The third-order valence-corrected chi connectivity index (χ3v) is 6.44. The van der Waals surface area contributed by atoms with E-state index in [0.717, 1.165) is 20.1 Å². The van der Waals surface area contributed by atoms with Crippen LogP contribution >= 0.6 is 0 Å². The molecule has 4 N–H and O–H groups in total. The molecule has 0 bridgehead atoms. The molecule has 12 heteroatoms. The molecule has 4 atom stereocenters. The number of pyridine rings is 1. The first kappa shape index (κ1) is 24.1. The van der Waals surface area contributed by atoms with Crippen molar-refractivity contribution in [3.05, 3.63) is 47.4 Å². The molecule has 1 aromatic carbocycles. The number of rotatable bonds is 6. The summed E-state index contributed by atoms with van der Waals surface area (Å²) in [5, 5.41) is 3.01. The number of ether oxygens (including phenoxy) is 2. The maximum absolute atomic E-state index is 14.5. The number of fused-ring (bicyclic) bond motifs is 1. The summed E-state index contributed by atoms with van der Waals surface area (Å²) in [4.78, 5) is 11.7. The highest BCUT2D eigenvalue weighted by molar-refractivity contribution is 5.85. The molecule has 1 saturated heterocycles. The van der Waals surface area contributed by atoms with Crippen LogP contribution in [0.5, 0.6) is 5.75 Å². The van der Waals surface area contributed by atoms with Gasteiger partial charge in [-0.1, -0.05) is 13.0 Å². The predicted molar refractivity (Wildman–Crippen MR) is 115 cm³/mol. The van der Waals surface area contributed by atoms with Crippen molar-refractivity contribution in [3.8, 4) is 5.75 Å². The SMILES string of the molecule is COc1c([C@H]2[C@H](c3nc4c(NCCN)nccc4[nH]3)O[C@@](C)(C(F)(F)F)[C@H]2C)ccc(F)c1F. The number of hydrogen-bond acceptors (Lipinski definition) is 6. The Hall–Kier alpha value is -2.99. The first-order chi connectivity index (χ1) is 16.0. The Kier molecular flexibility index (Phi) is 6.15. The van der Waals surface area contributed by atoms with E-state index in [1.807, 2.05) is 0 Å². The summed E-state index contributed by atoms with van der Waals surface area (Å²) in [6.45, 7) is 3.04. The zero-order chi connectivity index (χ0) is 24.8. The lowest BCUT2D eigenvalue weighted by atomic mass is 9.77. The fourth-order valence-corrected chi connectivity index (χ4v) is 4.46. The molecular weight excluding hydrogens is 461 g/mol. The first-order valence-corrected chi connectivity index (χ1v) is 10.6. The maximum atomic E-state index is 14.5. The van der Waals surface area contributed by atoms with Crippen LogP contribution in [-0.4, -0.2) is 46.9 Å². The van der Waals surface area contributed by atoms with Gasteiger partial charge in [-0.25, -0.2) is 14.4 Å². The second kappa shape index (κ2) is 8.66. The van der Waals surface area contributed by atoms with Crippen LogP contribution in [0.3, 0.4) is 0 Å². The van der Waals surface area contributed by atoms with Crippen LogP contribution in [0, 0.1) is 17.6 Å². The molecule has 0 aliphatic carbocycles. The monoisotopic (exact) mass is 485 g/mol. The highest BCUT2D eigenvalue weighted by Crippen LogP contribution is 2.59. The minimum absolute atomic E-state index is 0.0481. The fraction of sp³-hybridized carbons (Fsp3) is 0.455. The summed E-state index contributed by atoms with van der Waals surface area (Å²) in [7, 11) is 1.13. The zero-order valence-electron chi connectivity index (χ0n) is 18.6. The standard InChI is InChI=1S/C22H24F5N5O2/c1-10-14(11-4-5-12(23)15(24)17(11)33-3)18(34-21(10,2)22(25,26)27)20-31-13-6-8-29-19(16(13)32-20)30-9-7-28/h4-6,8,10,14,18H,7,9,28H2,1-3H3,(H,29,30)(H,31,32)/t10-,14-,18+,21+/m0/s1. The molecule has 0 unspecified atom stereocenters. The summed E-state index contributed by atoms with van der Waals surface area (Å²) < 4.78 is 81.6. The van der Waals surface area contributed by atoms with Gasteiger partial charge in [0.25, 0.3) is 0 Å². The van der Waals surface area contributed by atoms with E-state index in [9.17, 15) is 22.0 Å². The Morgan fingerprint density at radius 2 is 2.00 bits per heavy atom. The molecule has 0 amide bonds. The quantitative estimate of drug-likeness (QED) is 0.447. The number of alkyl halides is 3. The number of imidazole rings is 1. The zero-order valence-corrected chi connectivity index (χ0v) is 18.6. The van der Waals surface area contributed by atoms with Crippen LogP contribution < -0.4 is 15.8 Å². The summed E-state index contributed by atoms with van der Waals surface area (Å²) in [6.07, 6.45) is -4.50. The summed E-state index contributed by atoms with van der Waals surface area (Å²) in [5.41, 5.74) is 3.89. The van der Waals surface area contributed by atoms with E-state index in [1.165, 1.54) is 19.2 Å². The lowest BCUT2D eigenvalue weighted by molar-refractivity contribution is -0.275. The van der Waals surface area contributed by atoms with Crippen LogP contribution in [0.25, 0.3) is 11.0 Å². The van der Waals surface area contributed by atoms with E-state index >= 15 is 0 Å². The van der Waals surface area contributed by atoms with Crippen LogP contribution in [0.15, 0.2) is 24.4 Å². The van der Waals surface area contributed by atoms with Crippen molar-refractivity contribution in [2.75, 3.05) is 25.5 Å². The van der Waals surface area contributed by atoms with E-state index in [-0.39, 0.29) is 11.4 Å². The van der Waals surface area contributed by atoms with Crippen LogP contribution in [0.1, 0.15) is 37.3 Å². The second-order valence-corrected chi connectivity index (χ2v) is 8.33. The highest BCUT2D eigenvalue weighted by atomic mass is 19.4. The Balaban J connectivity index is 1.89. The molecule has 0 spiro atoms. The van der Waals surface area contributed by atoms with Gasteiger partial charge in [-0.2, -0.15) is 17.6 Å². The predicted octanol–water partition coefficient (Wildman–Crippen LogP) is 4.43. The van der Waals surface area contributed by atoms with Crippen molar-refractivity contribution in [1.82, 2.24) is 15.0 Å². The van der Waals surface area contributed by atoms with Crippen molar-refractivity contribution < 1.29 is 31.4 Å². The van der Waals surface area contributed by atoms with Gasteiger partial charge in [-0.3, -0.25) is 0 Å². The largest absolute Gasteiger partial charge is 0.493 e. The minimum Gasteiger partial charge on any atom is -0.493 e. The fourth-order valence-electron chi connectivity index (χ4n) is 4.46. The van der Waals surface area contributed by atoms with E-state index in [4.69, 9.17) is 15.2 Å². The summed E-state index contributed by atoms with van der Waals surface area (Å²) >= 11 is 0. The van der Waals surface area contributed by atoms with E-state index in [1.54, 1.807) is 6.07 Å². The smallest absolute Gasteiger partial charge is 0.417 e.